The van der Waals surface area contributed by atoms with Crippen LogP contribution < -0.4 is 0 Å². The molecule has 17 nitrogen and oxygen atoms in total. The Morgan fingerprint density at radius 2 is 0.495 bits per heavy atom. The summed E-state index contributed by atoms with van der Waals surface area (Å²) in [5.74, 6) is -1.38. The van der Waals surface area contributed by atoms with Crippen molar-refractivity contribution in [1.82, 2.24) is 0 Å². The van der Waals surface area contributed by atoms with Crippen molar-refractivity contribution in [2.45, 2.75) is 432 Å². The first-order valence-electron chi connectivity index (χ1n) is 40.7. The maximum Gasteiger partial charge on any atom is 0.472 e. The predicted molar refractivity (Wildman–Crippen MR) is 395 cm³/mol. The Kier molecular flexibility index (Phi) is 69.6. The van der Waals surface area contributed by atoms with Crippen LogP contribution in [0.3, 0.4) is 0 Å². The maximum absolute atomic E-state index is 13.1. The highest BCUT2D eigenvalue weighted by Gasteiger charge is 2.30. The van der Waals surface area contributed by atoms with E-state index in [1.165, 1.54) is 231 Å². The van der Waals surface area contributed by atoms with Crippen molar-refractivity contribution >= 4 is 39.5 Å². The second-order valence-corrected chi connectivity index (χ2v) is 31.3. The molecular formula is C78H152O17P2. The minimum absolute atomic E-state index is 0.107. The highest BCUT2D eigenvalue weighted by atomic mass is 31.2. The Bertz CT molecular complexity index is 1860. The van der Waals surface area contributed by atoms with Gasteiger partial charge < -0.3 is 33.8 Å². The topological polar surface area (TPSA) is 237 Å². The van der Waals surface area contributed by atoms with Gasteiger partial charge in [-0.05, 0) is 31.6 Å². The van der Waals surface area contributed by atoms with Crippen LogP contribution in [0, 0.1) is 5.92 Å². The molecule has 0 heterocycles. The van der Waals surface area contributed by atoms with Gasteiger partial charge in [-0.2, -0.15) is 0 Å². The van der Waals surface area contributed by atoms with Gasteiger partial charge in [-0.15, -0.1) is 0 Å². The second kappa shape index (κ2) is 71.1. The first kappa shape index (κ1) is 95.1. The quantitative estimate of drug-likeness (QED) is 0.0222. The Hall–Kier alpha value is -1.94. The molecule has 0 fully saturated rings. The predicted octanol–water partition coefficient (Wildman–Crippen LogP) is 23.3. The van der Waals surface area contributed by atoms with E-state index in [0.29, 0.717) is 25.7 Å². The minimum atomic E-state index is -4.96. The van der Waals surface area contributed by atoms with Gasteiger partial charge in [-0.3, -0.25) is 37.3 Å². The van der Waals surface area contributed by atoms with Gasteiger partial charge in [-0.1, -0.05) is 362 Å². The van der Waals surface area contributed by atoms with Gasteiger partial charge in [0.05, 0.1) is 26.4 Å². The fourth-order valence-corrected chi connectivity index (χ4v) is 13.6. The number of hydrogen-bond acceptors (Lipinski definition) is 15. The van der Waals surface area contributed by atoms with Crippen molar-refractivity contribution < 1.29 is 80.2 Å². The third-order valence-electron chi connectivity index (χ3n) is 18.6. The molecule has 0 aromatic heterocycles. The summed E-state index contributed by atoms with van der Waals surface area (Å²) in [5, 5.41) is 10.6. The number of phosphoric ester groups is 2. The van der Waals surface area contributed by atoms with E-state index in [2.05, 4.69) is 34.6 Å². The molecule has 0 aromatic rings. The van der Waals surface area contributed by atoms with Crippen LogP contribution in [0.15, 0.2) is 0 Å². The van der Waals surface area contributed by atoms with Gasteiger partial charge in [-0.25, -0.2) is 9.13 Å². The monoisotopic (exact) mass is 1420 g/mol. The normalized spacial score (nSPS) is 14.2. The molecule has 19 heteroatoms. The zero-order valence-electron chi connectivity index (χ0n) is 63.2. The molecule has 3 N–H and O–H groups in total. The molecule has 0 saturated carbocycles. The van der Waals surface area contributed by atoms with Crippen molar-refractivity contribution in [1.29, 1.82) is 0 Å². The molecule has 0 bridgehead atoms. The van der Waals surface area contributed by atoms with Crippen LogP contribution in [0.25, 0.3) is 0 Å². The summed E-state index contributed by atoms with van der Waals surface area (Å²) in [6.45, 7) is 7.27. The number of carbonyl (C=O) groups excluding carboxylic acids is 4. The van der Waals surface area contributed by atoms with Crippen LogP contribution in [-0.2, 0) is 65.4 Å². The minimum Gasteiger partial charge on any atom is -0.462 e. The molecule has 3 unspecified atom stereocenters. The Morgan fingerprint density at radius 1 is 0.289 bits per heavy atom. The van der Waals surface area contributed by atoms with E-state index in [9.17, 15) is 43.2 Å². The molecule has 0 rings (SSSR count). The van der Waals surface area contributed by atoms with E-state index in [4.69, 9.17) is 37.0 Å². The van der Waals surface area contributed by atoms with Gasteiger partial charge in [0, 0.05) is 25.7 Å². The van der Waals surface area contributed by atoms with Crippen molar-refractivity contribution in [3.63, 3.8) is 0 Å². The van der Waals surface area contributed by atoms with E-state index in [-0.39, 0.29) is 25.7 Å². The molecule has 0 aliphatic carbocycles. The third-order valence-corrected chi connectivity index (χ3v) is 20.5. The number of ether oxygens (including phenoxy) is 4. The number of aliphatic hydroxyl groups is 1. The molecule has 0 amide bonds. The molecule has 97 heavy (non-hydrogen) atoms. The van der Waals surface area contributed by atoms with Gasteiger partial charge >= 0.3 is 39.5 Å². The summed E-state index contributed by atoms with van der Waals surface area (Å²) in [6.07, 6.45) is 61.1. The fourth-order valence-electron chi connectivity index (χ4n) is 12.0. The summed E-state index contributed by atoms with van der Waals surface area (Å²) < 4.78 is 68.6. The van der Waals surface area contributed by atoms with Gasteiger partial charge in [0.2, 0.25) is 0 Å². The Balaban J connectivity index is 5.22. The smallest absolute Gasteiger partial charge is 0.462 e. The van der Waals surface area contributed by atoms with Crippen LogP contribution in [0.1, 0.15) is 413 Å². The summed E-state index contributed by atoms with van der Waals surface area (Å²) in [5.41, 5.74) is 0. The van der Waals surface area contributed by atoms with Gasteiger partial charge in [0.25, 0.3) is 0 Å². The first-order valence-corrected chi connectivity index (χ1v) is 43.7. The highest BCUT2D eigenvalue weighted by Crippen LogP contribution is 2.45. The zero-order chi connectivity index (χ0) is 71.2. The molecular weight excluding hydrogens is 1270 g/mol. The molecule has 0 aromatic carbocycles. The SMILES string of the molecule is CCCCCCCCCCCCCCCCCCCCCCC(=O)O[C@H](COC(=O)CCCCCCCCCCCCCCCCC)COP(=O)(O)OC[C@@H](O)COP(=O)(O)OC[C@@H](COC(=O)CCCCCCCCC(C)CC)OC(=O)CCCCCCCCCCCCCC. The van der Waals surface area contributed by atoms with Crippen LogP contribution in [0.5, 0.6) is 0 Å². The van der Waals surface area contributed by atoms with Gasteiger partial charge in [0.1, 0.15) is 19.3 Å². The largest absolute Gasteiger partial charge is 0.472 e. The molecule has 6 atom stereocenters. The van der Waals surface area contributed by atoms with Crippen LogP contribution in [0.4, 0.5) is 0 Å². The van der Waals surface area contributed by atoms with E-state index in [1.807, 2.05) is 0 Å². The molecule has 0 radical (unpaired) electrons. The van der Waals surface area contributed by atoms with Crippen molar-refractivity contribution in [3.05, 3.63) is 0 Å². The molecule has 576 valence electrons. The highest BCUT2D eigenvalue weighted by molar-refractivity contribution is 7.47. The van der Waals surface area contributed by atoms with E-state index < -0.39 is 97.5 Å². The number of esters is 4. The standard InChI is InChI=1S/C78H152O17P2/c1-6-10-13-16-19-22-25-28-30-31-32-33-34-36-38-41-44-47-54-59-64-78(83)94-73(67-88-75(80)61-56-51-45-42-40-37-35-29-26-23-20-17-14-11-7-2)69-92-96(84,85)90-65-72(79)66-91-97(86,87)93-70-74(68-89-76(81)62-57-52-49-48-50-55-60-71(5)9-4)95-77(82)63-58-53-46-43-39-27-24-21-18-15-12-8-3/h71-74,79H,6-70H2,1-5H3,(H,84,85)(H,86,87)/t71?,72-,73-,74-/m1/s1. The maximum atomic E-state index is 13.1. The lowest BCUT2D eigenvalue weighted by atomic mass is 10.00. The number of unbranched alkanes of at least 4 members (excludes halogenated alkanes) is 49. The second-order valence-electron chi connectivity index (χ2n) is 28.3. The average molecular weight is 1420 g/mol. The number of rotatable bonds is 78. The number of phosphoric acid groups is 2. The number of aliphatic hydroxyl groups excluding tert-OH is 1. The average Bonchev–Trinajstić information content (AvgIpc) is 2.64. The van der Waals surface area contributed by atoms with E-state index >= 15 is 0 Å². The van der Waals surface area contributed by atoms with Crippen LogP contribution in [0.2, 0.25) is 0 Å². The van der Waals surface area contributed by atoms with Crippen molar-refractivity contribution in [3.8, 4) is 0 Å². The molecule has 0 spiro atoms. The summed E-state index contributed by atoms with van der Waals surface area (Å²) in [4.78, 5) is 72.9. The summed E-state index contributed by atoms with van der Waals surface area (Å²) >= 11 is 0. The summed E-state index contributed by atoms with van der Waals surface area (Å²) in [6, 6.07) is 0. The Labute approximate surface area is 594 Å². The lowest BCUT2D eigenvalue weighted by Crippen LogP contribution is -2.30. The lowest BCUT2D eigenvalue weighted by Gasteiger charge is -2.21. The third kappa shape index (κ3) is 70.9. The van der Waals surface area contributed by atoms with Crippen LogP contribution >= 0.6 is 15.6 Å². The van der Waals surface area contributed by atoms with Crippen molar-refractivity contribution in [2.24, 2.45) is 5.92 Å². The van der Waals surface area contributed by atoms with Crippen LogP contribution in [-0.4, -0.2) is 96.7 Å². The van der Waals surface area contributed by atoms with E-state index in [0.717, 1.165) is 102 Å². The molecule has 0 saturated heterocycles. The van der Waals surface area contributed by atoms with Gasteiger partial charge in [0.15, 0.2) is 12.2 Å². The summed E-state index contributed by atoms with van der Waals surface area (Å²) in [7, 11) is -9.91. The first-order chi connectivity index (χ1) is 47.1. The van der Waals surface area contributed by atoms with Crippen molar-refractivity contribution in [2.75, 3.05) is 39.6 Å². The number of hydrogen-bond donors (Lipinski definition) is 3. The number of carbonyl (C=O) groups is 4. The van der Waals surface area contributed by atoms with E-state index in [1.54, 1.807) is 0 Å². The molecule has 0 aliphatic rings. The Morgan fingerprint density at radius 3 is 0.732 bits per heavy atom. The molecule has 0 aliphatic heterocycles. The zero-order valence-corrected chi connectivity index (χ0v) is 65.0. The lowest BCUT2D eigenvalue weighted by molar-refractivity contribution is -0.161. The fraction of sp³-hybridized carbons (Fsp3) is 0.949.